The van der Waals surface area contributed by atoms with Crippen molar-refractivity contribution < 1.29 is 14.3 Å². The first-order valence-electron chi connectivity index (χ1n) is 9.50. The Hall–Kier alpha value is -3.58. The van der Waals surface area contributed by atoms with E-state index in [0.29, 0.717) is 23.4 Å². The van der Waals surface area contributed by atoms with Crippen LogP contribution in [0, 0.1) is 0 Å². The molecule has 156 valence electrons. The smallest absolute Gasteiger partial charge is 0.336 e. The van der Waals surface area contributed by atoms with Crippen LogP contribution in [0.5, 0.6) is 11.5 Å². The van der Waals surface area contributed by atoms with E-state index in [-0.39, 0.29) is 5.75 Å². The van der Waals surface area contributed by atoms with Crippen molar-refractivity contribution in [3.05, 3.63) is 92.7 Å². The Morgan fingerprint density at radius 3 is 2.81 bits per heavy atom. The van der Waals surface area contributed by atoms with Crippen LogP contribution in [0.25, 0.3) is 11.0 Å². The molecule has 0 amide bonds. The highest BCUT2D eigenvalue weighted by Gasteiger charge is 2.10. The summed E-state index contributed by atoms with van der Waals surface area (Å²) in [4.78, 5) is 16.2. The normalized spacial score (nSPS) is 11.2. The van der Waals surface area contributed by atoms with Crippen LogP contribution in [-0.4, -0.2) is 18.4 Å². The maximum absolute atomic E-state index is 11.6. The van der Waals surface area contributed by atoms with Gasteiger partial charge in [-0.15, -0.1) is 0 Å². The summed E-state index contributed by atoms with van der Waals surface area (Å²) in [7, 11) is 1.54. The Morgan fingerprint density at radius 2 is 1.97 bits per heavy atom. The number of anilines is 1. The highest BCUT2D eigenvalue weighted by Crippen LogP contribution is 2.30. The molecule has 0 aliphatic carbocycles. The number of phenols is 1. The van der Waals surface area contributed by atoms with Gasteiger partial charge in [0.2, 0.25) is 0 Å². The Balaban J connectivity index is 1.61. The molecule has 7 heteroatoms. The number of hydrogen-bond acceptors (Lipinski definition) is 6. The van der Waals surface area contributed by atoms with E-state index < -0.39 is 5.63 Å². The summed E-state index contributed by atoms with van der Waals surface area (Å²) in [6.07, 6.45) is 1.62. The Bertz CT molecular complexity index is 1330. The second-order valence-electron chi connectivity index (χ2n) is 6.76. The second kappa shape index (κ2) is 9.06. The topological polar surface area (TPSA) is 84.1 Å². The predicted molar refractivity (Wildman–Crippen MR) is 126 cm³/mol. The molecule has 3 aromatic carbocycles. The van der Waals surface area contributed by atoms with E-state index in [9.17, 15) is 9.90 Å². The molecule has 6 nitrogen and oxygen atoms in total. The fourth-order valence-electron chi connectivity index (χ4n) is 3.20. The third kappa shape index (κ3) is 4.62. The van der Waals surface area contributed by atoms with Gasteiger partial charge in [0.05, 0.1) is 18.5 Å². The molecular weight excluding hydrogens is 460 g/mol. The largest absolute Gasteiger partial charge is 0.507 e. The van der Waals surface area contributed by atoms with E-state index in [1.165, 1.54) is 13.2 Å². The number of aliphatic imine (C=N–C) groups is 1. The number of rotatable bonds is 6. The van der Waals surface area contributed by atoms with Crippen LogP contribution >= 0.6 is 15.9 Å². The van der Waals surface area contributed by atoms with Gasteiger partial charge in [0.25, 0.3) is 0 Å². The fraction of sp³-hybridized carbons (Fsp3) is 0.0833. The number of methoxy groups -OCH3 is 1. The number of phenolic OH excluding ortho intramolecular Hbond substituents is 1. The number of ether oxygens (including phenoxy) is 1. The lowest BCUT2D eigenvalue weighted by atomic mass is 10.1. The monoisotopic (exact) mass is 478 g/mol. The van der Waals surface area contributed by atoms with Crippen LogP contribution in [0.4, 0.5) is 11.4 Å². The molecule has 1 aromatic heterocycles. The summed E-state index contributed by atoms with van der Waals surface area (Å²) < 4.78 is 11.5. The molecule has 4 rings (SSSR count). The number of fused-ring (bicyclic) bond motifs is 1. The van der Waals surface area contributed by atoms with E-state index in [1.54, 1.807) is 36.5 Å². The van der Waals surface area contributed by atoms with E-state index in [2.05, 4.69) is 26.2 Å². The highest BCUT2D eigenvalue weighted by molar-refractivity contribution is 9.10. The molecule has 0 saturated carbocycles. The van der Waals surface area contributed by atoms with Gasteiger partial charge in [-0.2, -0.15) is 0 Å². The van der Waals surface area contributed by atoms with Gasteiger partial charge in [-0.3, -0.25) is 4.99 Å². The summed E-state index contributed by atoms with van der Waals surface area (Å²) in [5.41, 5.74) is 3.11. The van der Waals surface area contributed by atoms with Crippen molar-refractivity contribution >= 4 is 44.5 Å². The number of nitrogens with one attached hydrogen (secondary N) is 1. The molecular formula is C24H19BrN2O4. The van der Waals surface area contributed by atoms with E-state index in [1.807, 2.05) is 30.3 Å². The molecule has 0 unspecified atom stereocenters. The number of para-hydroxylation sites is 2. The van der Waals surface area contributed by atoms with Crippen molar-refractivity contribution in [1.29, 1.82) is 0 Å². The molecule has 0 aliphatic heterocycles. The zero-order valence-electron chi connectivity index (χ0n) is 16.6. The molecule has 0 atom stereocenters. The Labute approximate surface area is 187 Å². The van der Waals surface area contributed by atoms with Gasteiger partial charge >= 0.3 is 5.63 Å². The van der Waals surface area contributed by atoms with Gasteiger partial charge in [-0.25, -0.2) is 4.79 Å². The predicted octanol–water partition coefficient (Wildman–Crippen LogP) is 5.63. The summed E-state index contributed by atoms with van der Waals surface area (Å²) in [5, 5.41) is 14.2. The number of halogens is 1. The first-order valence-corrected chi connectivity index (χ1v) is 10.3. The molecule has 0 aliphatic rings. The zero-order chi connectivity index (χ0) is 21.8. The Kier molecular flexibility index (Phi) is 6.04. The van der Waals surface area contributed by atoms with Gasteiger partial charge in [0.1, 0.15) is 5.75 Å². The zero-order valence-corrected chi connectivity index (χ0v) is 18.2. The first-order chi connectivity index (χ1) is 15.0. The maximum Gasteiger partial charge on any atom is 0.336 e. The lowest BCUT2D eigenvalue weighted by molar-refractivity contribution is 0.406. The first kappa shape index (κ1) is 20.7. The summed E-state index contributed by atoms with van der Waals surface area (Å²) in [6.45, 7) is 0.489. The average Bonchev–Trinajstić information content (AvgIpc) is 2.78. The average molecular weight is 479 g/mol. The minimum absolute atomic E-state index is 0.156. The third-order valence-electron chi connectivity index (χ3n) is 4.76. The molecule has 0 spiro atoms. The lowest BCUT2D eigenvalue weighted by Crippen LogP contribution is -2.03. The number of aromatic hydroxyl groups is 1. The maximum atomic E-state index is 11.6. The van der Waals surface area contributed by atoms with Crippen molar-refractivity contribution in [1.82, 2.24) is 0 Å². The van der Waals surface area contributed by atoms with Crippen LogP contribution in [0.1, 0.15) is 11.1 Å². The lowest BCUT2D eigenvalue weighted by Gasteiger charge is -2.12. The Morgan fingerprint density at radius 1 is 1.13 bits per heavy atom. The van der Waals surface area contributed by atoms with E-state index >= 15 is 0 Å². The van der Waals surface area contributed by atoms with Crippen LogP contribution < -0.4 is 15.7 Å². The molecule has 31 heavy (non-hydrogen) atoms. The van der Waals surface area contributed by atoms with E-state index in [0.717, 1.165) is 26.8 Å². The molecule has 0 saturated heterocycles. The van der Waals surface area contributed by atoms with Gasteiger partial charge in [-0.1, -0.05) is 34.1 Å². The summed E-state index contributed by atoms with van der Waals surface area (Å²) in [5.74, 6) is 0.666. The number of nitrogens with zero attached hydrogens (tertiary/aromatic N) is 1. The molecule has 0 fully saturated rings. The standard InChI is InChI=1S/C24H19BrN2O4/c1-30-22-10-6-15(18-8-11-23(29)31-24(18)22)13-26-19-4-2-3-5-20(19)27-14-16-12-17(25)7-9-21(16)28/h2-12,14,26,28H,13H2,1H3. The summed E-state index contributed by atoms with van der Waals surface area (Å²) >= 11 is 3.40. The van der Waals surface area contributed by atoms with Crippen molar-refractivity contribution in [2.45, 2.75) is 6.54 Å². The van der Waals surface area contributed by atoms with Crippen LogP contribution in [0.3, 0.4) is 0 Å². The van der Waals surface area contributed by atoms with Crippen molar-refractivity contribution in [3.63, 3.8) is 0 Å². The second-order valence-corrected chi connectivity index (χ2v) is 7.67. The molecule has 2 N–H and O–H groups in total. The highest BCUT2D eigenvalue weighted by atomic mass is 79.9. The van der Waals surface area contributed by atoms with Gasteiger partial charge in [0, 0.05) is 34.2 Å². The SMILES string of the molecule is COc1ccc(CNc2ccccc2N=Cc2cc(Br)ccc2O)c2ccc(=O)oc12. The van der Waals surface area contributed by atoms with Gasteiger partial charge in [0.15, 0.2) is 11.3 Å². The van der Waals surface area contributed by atoms with Crippen LogP contribution in [0.2, 0.25) is 0 Å². The fourth-order valence-corrected chi connectivity index (χ4v) is 3.58. The molecule has 4 aromatic rings. The number of hydrogen-bond donors (Lipinski definition) is 2. The third-order valence-corrected chi connectivity index (χ3v) is 5.26. The quantitative estimate of drug-likeness (QED) is 0.277. The van der Waals surface area contributed by atoms with Crippen LogP contribution in [0.15, 0.2) is 85.4 Å². The van der Waals surface area contributed by atoms with Crippen molar-refractivity contribution in [3.8, 4) is 11.5 Å². The van der Waals surface area contributed by atoms with Crippen LogP contribution in [-0.2, 0) is 6.54 Å². The minimum atomic E-state index is -0.425. The van der Waals surface area contributed by atoms with Crippen molar-refractivity contribution in [2.75, 3.05) is 12.4 Å². The summed E-state index contributed by atoms with van der Waals surface area (Å²) in [6, 6.07) is 19.7. The molecule has 1 heterocycles. The molecule has 0 bridgehead atoms. The van der Waals surface area contributed by atoms with E-state index in [4.69, 9.17) is 9.15 Å². The molecule has 0 radical (unpaired) electrons. The van der Waals surface area contributed by atoms with Gasteiger partial charge < -0.3 is 19.6 Å². The minimum Gasteiger partial charge on any atom is -0.507 e. The number of benzene rings is 3. The van der Waals surface area contributed by atoms with Gasteiger partial charge in [-0.05, 0) is 48.0 Å². The van der Waals surface area contributed by atoms with Crippen molar-refractivity contribution in [2.24, 2.45) is 4.99 Å².